The number of hydrogen-bond donors (Lipinski definition) is 1. The highest BCUT2D eigenvalue weighted by molar-refractivity contribution is 5.23. The fourth-order valence-corrected chi connectivity index (χ4v) is 3.58. The molecule has 2 fully saturated rings. The van der Waals surface area contributed by atoms with E-state index in [-0.39, 0.29) is 5.82 Å². The van der Waals surface area contributed by atoms with Gasteiger partial charge in [-0.3, -0.25) is 4.90 Å². The highest BCUT2D eigenvalue weighted by atomic mass is 19.1. The Kier molecular flexibility index (Phi) is 5.09. The lowest BCUT2D eigenvalue weighted by Crippen LogP contribution is -2.44. The molecule has 0 spiro atoms. The minimum atomic E-state index is -0.274. The third kappa shape index (κ3) is 3.95. The Balaban J connectivity index is 1.43. The van der Waals surface area contributed by atoms with Gasteiger partial charge in [0.2, 0.25) is 0 Å². The third-order valence-electron chi connectivity index (χ3n) is 4.71. The Morgan fingerprint density at radius 1 is 1.24 bits per heavy atom. The van der Waals surface area contributed by atoms with Crippen LogP contribution in [-0.4, -0.2) is 43.7 Å². The first-order valence-electron chi connectivity index (χ1n) is 8.16. The van der Waals surface area contributed by atoms with E-state index >= 15 is 0 Å². The standard InChI is InChI=1S/C17H25FN2O/c18-15-6-1-2-8-17(15)21-12-11-20-10-4-5-14(13-20)16-7-3-9-19-16/h1-2,6,8,14,16,19H,3-5,7,9-13H2. The van der Waals surface area contributed by atoms with Crippen molar-refractivity contribution in [3.63, 3.8) is 0 Å². The lowest BCUT2D eigenvalue weighted by Gasteiger charge is -2.35. The van der Waals surface area contributed by atoms with Gasteiger partial charge in [-0.2, -0.15) is 0 Å². The number of likely N-dealkylation sites (tertiary alicyclic amines) is 1. The number of ether oxygens (including phenoxy) is 1. The first-order chi connectivity index (χ1) is 10.3. The molecule has 116 valence electrons. The molecule has 0 amide bonds. The molecule has 2 saturated heterocycles. The minimum Gasteiger partial charge on any atom is -0.489 e. The SMILES string of the molecule is Fc1ccccc1OCCN1CCCC(C2CCCN2)C1. The highest BCUT2D eigenvalue weighted by Crippen LogP contribution is 2.24. The number of piperidine rings is 1. The predicted molar refractivity (Wildman–Crippen MR) is 82.1 cm³/mol. The van der Waals surface area contributed by atoms with Crippen molar-refractivity contribution in [2.24, 2.45) is 5.92 Å². The van der Waals surface area contributed by atoms with Crippen molar-refractivity contribution in [3.05, 3.63) is 30.1 Å². The molecule has 0 radical (unpaired) electrons. The van der Waals surface area contributed by atoms with E-state index in [0.717, 1.165) is 25.6 Å². The predicted octanol–water partition coefficient (Wildman–Crippen LogP) is 2.67. The van der Waals surface area contributed by atoms with Gasteiger partial charge >= 0.3 is 0 Å². The lowest BCUT2D eigenvalue weighted by molar-refractivity contribution is 0.129. The number of benzene rings is 1. The molecule has 0 aliphatic carbocycles. The van der Waals surface area contributed by atoms with Gasteiger partial charge in [-0.15, -0.1) is 0 Å². The van der Waals surface area contributed by atoms with Gasteiger partial charge in [0, 0.05) is 19.1 Å². The molecular formula is C17H25FN2O. The van der Waals surface area contributed by atoms with Crippen LogP contribution < -0.4 is 10.1 Å². The minimum absolute atomic E-state index is 0.274. The molecule has 2 atom stereocenters. The van der Waals surface area contributed by atoms with E-state index in [2.05, 4.69) is 10.2 Å². The maximum Gasteiger partial charge on any atom is 0.165 e. The van der Waals surface area contributed by atoms with E-state index in [1.807, 2.05) is 0 Å². The number of nitrogens with one attached hydrogen (secondary N) is 1. The number of hydrogen-bond acceptors (Lipinski definition) is 3. The average molecular weight is 292 g/mol. The Hall–Kier alpha value is -1.13. The summed E-state index contributed by atoms with van der Waals surface area (Å²) in [6, 6.07) is 7.34. The summed E-state index contributed by atoms with van der Waals surface area (Å²) in [5.41, 5.74) is 0. The van der Waals surface area contributed by atoms with Gasteiger partial charge in [-0.05, 0) is 56.8 Å². The van der Waals surface area contributed by atoms with Crippen LogP contribution in [0.4, 0.5) is 4.39 Å². The van der Waals surface area contributed by atoms with Crippen LogP contribution in [0.2, 0.25) is 0 Å². The smallest absolute Gasteiger partial charge is 0.165 e. The molecule has 2 aliphatic heterocycles. The molecule has 3 nitrogen and oxygen atoms in total. The van der Waals surface area contributed by atoms with Crippen molar-refractivity contribution in [1.29, 1.82) is 0 Å². The average Bonchev–Trinajstić information content (AvgIpc) is 3.04. The van der Waals surface area contributed by atoms with Crippen LogP contribution in [0.15, 0.2) is 24.3 Å². The highest BCUT2D eigenvalue weighted by Gasteiger charge is 2.28. The second kappa shape index (κ2) is 7.23. The van der Waals surface area contributed by atoms with E-state index < -0.39 is 0 Å². The lowest BCUT2D eigenvalue weighted by atomic mass is 9.90. The zero-order valence-electron chi connectivity index (χ0n) is 12.6. The molecule has 2 unspecified atom stereocenters. The van der Waals surface area contributed by atoms with Gasteiger partial charge in [0.1, 0.15) is 6.61 Å². The van der Waals surface area contributed by atoms with E-state index in [0.29, 0.717) is 18.4 Å². The summed E-state index contributed by atoms with van der Waals surface area (Å²) < 4.78 is 19.0. The van der Waals surface area contributed by atoms with Crippen molar-refractivity contribution in [2.75, 3.05) is 32.8 Å². The summed E-state index contributed by atoms with van der Waals surface area (Å²) in [7, 11) is 0. The van der Waals surface area contributed by atoms with Crippen LogP contribution in [0.25, 0.3) is 0 Å². The van der Waals surface area contributed by atoms with E-state index in [1.54, 1.807) is 18.2 Å². The van der Waals surface area contributed by atoms with Crippen LogP contribution in [-0.2, 0) is 0 Å². The van der Waals surface area contributed by atoms with Crippen LogP contribution in [0, 0.1) is 11.7 Å². The number of halogens is 1. The molecule has 0 saturated carbocycles. The summed E-state index contributed by atoms with van der Waals surface area (Å²) >= 11 is 0. The topological polar surface area (TPSA) is 24.5 Å². The van der Waals surface area contributed by atoms with Crippen LogP contribution >= 0.6 is 0 Å². The molecule has 1 aromatic carbocycles. The molecule has 21 heavy (non-hydrogen) atoms. The molecule has 0 aromatic heterocycles. The second-order valence-corrected chi connectivity index (χ2v) is 6.18. The molecule has 2 heterocycles. The van der Waals surface area contributed by atoms with Crippen molar-refractivity contribution >= 4 is 0 Å². The zero-order valence-corrected chi connectivity index (χ0v) is 12.6. The largest absolute Gasteiger partial charge is 0.489 e. The third-order valence-corrected chi connectivity index (χ3v) is 4.71. The summed E-state index contributed by atoms with van der Waals surface area (Å²) in [6.07, 6.45) is 5.24. The number of para-hydroxylation sites is 1. The van der Waals surface area contributed by atoms with Crippen LogP contribution in [0.1, 0.15) is 25.7 Å². The molecule has 4 heteroatoms. The molecule has 1 N–H and O–H groups in total. The van der Waals surface area contributed by atoms with E-state index in [4.69, 9.17) is 4.74 Å². The van der Waals surface area contributed by atoms with Gasteiger partial charge in [0.15, 0.2) is 11.6 Å². The Bertz CT molecular complexity index is 448. The van der Waals surface area contributed by atoms with Gasteiger partial charge in [-0.25, -0.2) is 4.39 Å². The number of nitrogens with zero attached hydrogens (tertiary/aromatic N) is 1. The Labute approximate surface area is 126 Å². The van der Waals surface area contributed by atoms with Crippen molar-refractivity contribution < 1.29 is 9.13 Å². The van der Waals surface area contributed by atoms with Gasteiger partial charge in [-0.1, -0.05) is 12.1 Å². The van der Waals surface area contributed by atoms with Crippen molar-refractivity contribution in [1.82, 2.24) is 10.2 Å². The summed E-state index contributed by atoms with van der Waals surface area (Å²) in [6.45, 7) is 4.92. The normalized spacial score (nSPS) is 26.9. The monoisotopic (exact) mass is 292 g/mol. The fraction of sp³-hybridized carbons (Fsp3) is 0.647. The van der Waals surface area contributed by atoms with Crippen molar-refractivity contribution in [3.8, 4) is 5.75 Å². The molecular weight excluding hydrogens is 267 g/mol. The molecule has 0 bridgehead atoms. The summed E-state index contributed by atoms with van der Waals surface area (Å²) in [5, 5.41) is 3.63. The zero-order chi connectivity index (χ0) is 14.5. The van der Waals surface area contributed by atoms with Gasteiger partial charge in [0.05, 0.1) is 0 Å². The second-order valence-electron chi connectivity index (χ2n) is 6.18. The van der Waals surface area contributed by atoms with Gasteiger partial charge in [0.25, 0.3) is 0 Å². The fourth-order valence-electron chi connectivity index (χ4n) is 3.58. The van der Waals surface area contributed by atoms with Crippen LogP contribution in [0.3, 0.4) is 0 Å². The molecule has 3 rings (SSSR count). The van der Waals surface area contributed by atoms with Crippen LogP contribution in [0.5, 0.6) is 5.75 Å². The maximum atomic E-state index is 13.5. The van der Waals surface area contributed by atoms with Crippen molar-refractivity contribution in [2.45, 2.75) is 31.7 Å². The maximum absolute atomic E-state index is 13.5. The first kappa shape index (κ1) is 14.8. The van der Waals surface area contributed by atoms with E-state index in [1.165, 1.54) is 38.3 Å². The summed E-state index contributed by atoms with van der Waals surface area (Å²) in [5.74, 6) is 0.863. The van der Waals surface area contributed by atoms with E-state index in [9.17, 15) is 4.39 Å². The number of rotatable bonds is 5. The Morgan fingerprint density at radius 3 is 2.95 bits per heavy atom. The quantitative estimate of drug-likeness (QED) is 0.903. The first-order valence-corrected chi connectivity index (χ1v) is 8.16. The summed E-state index contributed by atoms with van der Waals surface area (Å²) in [4.78, 5) is 2.47. The molecule has 2 aliphatic rings. The molecule has 1 aromatic rings. The van der Waals surface area contributed by atoms with Gasteiger partial charge < -0.3 is 10.1 Å². The Morgan fingerprint density at radius 2 is 2.14 bits per heavy atom.